The molecule has 11 aromatic rings. The Bertz CT molecular complexity index is 4080. The third-order valence-electron chi connectivity index (χ3n) is 17.2. The zero-order valence-electron chi connectivity index (χ0n) is 48.9. The molecule has 0 fully saturated rings. The van der Waals surface area contributed by atoms with Gasteiger partial charge in [-0.1, -0.05) is 222 Å². The lowest BCUT2D eigenvalue weighted by atomic mass is 9.76. The van der Waals surface area contributed by atoms with Crippen molar-refractivity contribution in [2.75, 3.05) is 16.5 Å². The van der Waals surface area contributed by atoms with E-state index in [1.807, 2.05) is 6.20 Å². The highest BCUT2D eigenvalue weighted by atomic mass is 16.5. The fraction of sp³-hybridized carbons (Fsp3) is 0.224. The van der Waals surface area contributed by atoms with E-state index in [0.717, 1.165) is 56.7 Å². The van der Waals surface area contributed by atoms with Crippen LogP contribution in [0, 0.1) is 0 Å². The Balaban J connectivity index is 1.07. The Morgan fingerprint density at radius 1 is 0.432 bits per heavy atom. The van der Waals surface area contributed by atoms with Gasteiger partial charge < -0.3 is 14.5 Å². The lowest BCUT2D eigenvalue weighted by Gasteiger charge is -2.30. The maximum Gasteiger partial charge on any atom is 0.137 e. The van der Waals surface area contributed by atoms with Crippen molar-refractivity contribution in [1.29, 1.82) is 0 Å². The van der Waals surface area contributed by atoms with E-state index in [4.69, 9.17) is 9.72 Å². The molecule has 81 heavy (non-hydrogen) atoms. The first kappa shape index (κ1) is 53.0. The van der Waals surface area contributed by atoms with Gasteiger partial charge in [0.15, 0.2) is 0 Å². The van der Waals surface area contributed by atoms with Crippen LogP contribution in [0.4, 0.5) is 22.7 Å². The number of hydrogen-bond acceptors (Lipinski definition) is 4. The summed E-state index contributed by atoms with van der Waals surface area (Å²) in [4.78, 5) is 10.1. The number of aromatic nitrogens is 2. The molecule has 5 heteroatoms. The zero-order valence-corrected chi connectivity index (χ0v) is 48.9. The molecule has 5 nitrogen and oxygen atoms in total. The van der Waals surface area contributed by atoms with Gasteiger partial charge in [0, 0.05) is 51.3 Å². The highest BCUT2D eigenvalue weighted by Crippen LogP contribution is 2.50. The predicted octanol–water partition coefficient (Wildman–Crippen LogP) is 20.7. The van der Waals surface area contributed by atoms with Gasteiger partial charge in [-0.3, -0.25) is 4.57 Å². The van der Waals surface area contributed by atoms with Crippen LogP contribution in [-0.2, 0) is 16.2 Å². The van der Waals surface area contributed by atoms with Gasteiger partial charge in [0.2, 0.25) is 0 Å². The second-order valence-electron chi connectivity index (χ2n) is 24.9. The Labute approximate surface area is 480 Å². The lowest BCUT2D eigenvalue weighted by molar-refractivity contribution is 0.481. The number of pyridine rings is 1. The van der Waals surface area contributed by atoms with Gasteiger partial charge in [0.1, 0.15) is 24.0 Å². The van der Waals surface area contributed by atoms with Crippen molar-refractivity contribution in [2.24, 2.45) is 0 Å². The fourth-order valence-corrected chi connectivity index (χ4v) is 12.5. The normalized spacial score (nSPS) is 13.0. The van der Waals surface area contributed by atoms with Crippen LogP contribution in [0.1, 0.15) is 127 Å². The summed E-state index contributed by atoms with van der Waals surface area (Å²) in [6.07, 6.45) is 1.96. The Hall–Kier alpha value is -8.67. The standard InChI is InChI=1S/C76H74N4O/c1-50(2)63-33-25-34-64(51(3)4)72(63)54-42-60(79-49-78(68-36-23-24-37-69(68)79)59-41-53(52-26-15-12-16-27-52)40-58(44-59)75(8,9)55-28-17-13-18-29-55)46-61(43-54)81-62-47-66(76(10,11)56-30-19-14-20-31-56)73-65-32-21-22-35-67(65)80(70(73)48-62)71-45-57(38-39-77-71)74(5,6)7/h12-48,50-51H,49H2,1-11H3. The summed E-state index contributed by atoms with van der Waals surface area (Å²) in [5, 5.41) is 2.37. The molecule has 3 heterocycles. The third kappa shape index (κ3) is 9.77. The summed E-state index contributed by atoms with van der Waals surface area (Å²) in [6.45, 7) is 26.0. The molecule has 0 bridgehead atoms. The molecule has 12 rings (SSSR count). The van der Waals surface area contributed by atoms with E-state index < -0.39 is 5.41 Å². The smallest absolute Gasteiger partial charge is 0.137 e. The lowest BCUT2D eigenvalue weighted by Crippen LogP contribution is -2.25. The van der Waals surface area contributed by atoms with Crippen molar-refractivity contribution in [3.05, 3.63) is 264 Å². The van der Waals surface area contributed by atoms with Crippen molar-refractivity contribution >= 4 is 44.6 Å². The van der Waals surface area contributed by atoms with Crippen molar-refractivity contribution in [3.8, 4) is 39.6 Å². The molecule has 0 N–H and O–H groups in total. The van der Waals surface area contributed by atoms with Crippen molar-refractivity contribution < 1.29 is 4.74 Å². The van der Waals surface area contributed by atoms with E-state index in [1.165, 1.54) is 66.4 Å². The third-order valence-corrected chi connectivity index (χ3v) is 17.2. The Morgan fingerprint density at radius 2 is 0.988 bits per heavy atom. The summed E-state index contributed by atoms with van der Waals surface area (Å²) in [7, 11) is 0. The van der Waals surface area contributed by atoms with Gasteiger partial charge in [0.05, 0.1) is 22.4 Å². The summed E-state index contributed by atoms with van der Waals surface area (Å²) >= 11 is 0. The predicted molar refractivity (Wildman–Crippen MR) is 342 cm³/mol. The molecule has 0 amide bonds. The maximum absolute atomic E-state index is 7.57. The molecule has 1 aliphatic heterocycles. The van der Waals surface area contributed by atoms with Crippen LogP contribution in [0.5, 0.6) is 11.5 Å². The second-order valence-corrected chi connectivity index (χ2v) is 24.9. The number of anilines is 4. The van der Waals surface area contributed by atoms with Crippen molar-refractivity contribution in [1.82, 2.24) is 9.55 Å². The first-order valence-corrected chi connectivity index (χ1v) is 28.9. The molecule has 404 valence electrons. The molecule has 0 radical (unpaired) electrons. The zero-order chi connectivity index (χ0) is 56.4. The SMILES string of the molecule is CC(C)c1cccc(C(C)C)c1-c1cc(Oc2cc(C(C)(C)c3ccccc3)c3c4ccccc4n(-c4cc(C(C)(C)C)ccn4)c3c2)cc(N2CN(c3cc(-c4ccccc4)cc(C(C)(C)c4ccccc4)c3)c3ccccc32)c1. The fourth-order valence-electron chi connectivity index (χ4n) is 12.5. The maximum atomic E-state index is 7.57. The number of benzene rings is 9. The monoisotopic (exact) mass is 1060 g/mol. The topological polar surface area (TPSA) is 33.5 Å². The van der Waals surface area contributed by atoms with Gasteiger partial charge in [-0.2, -0.15) is 0 Å². The first-order chi connectivity index (χ1) is 38.9. The molecular formula is C76H74N4O. The van der Waals surface area contributed by atoms with E-state index in [1.54, 1.807) is 0 Å². The first-order valence-electron chi connectivity index (χ1n) is 28.9. The average Bonchev–Trinajstić information content (AvgIpc) is 4.26. The van der Waals surface area contributed by atoms with E-state index in [2.05, 4.69) is 309 Å². The van der Waals surface area contributed by atoms with Crippen LogP contribution in [-0.4, -0.2) is 16.2 Å². The van der Waals surface area contributed by atoms with Gasteiger partial charge in [-0.25, -0.2) is 4.98 Å². The van der Waals surface area contributed by atoms with Gasteiger partial charge in [-0.15, -0.1) is 0 Å². The molecule has 0 atom stereocenters. The molecular weight excluding hydrogens is 985 g/mol. The minimum Gasteiger partial charge on any atom is -0.457 e. The van der Waals surface area contributed by atoms with Crippen LogP contribution < -0.4 is 14.5 Å². The van der Waals surface area contributed by atoms with Crippen LogP contribution in [0.3, 0.4) is 0 Å². The molecule has 1 aliphatic rings. The van der Waals surface area contributed by atoms with Gasteiger partial charge in [-0.05, 0) is 139 Å². The quantitative estimate of drug-likeness (QED) is 0.115. The largest absolute Gasteiger partial charge is 0.457 e. The summed E-state index contributed by atoms with van der Waals surface area (Å²) in [5.74, 6) is 2.99. The van der Waals surface area contributed by atoms with E-state index >= 15 is 0 Å². The molecule has 0 unspecified atom stereocenters. The van der Waals surface area contributed by atoms with Crippen LogP contribution >= 0.6 is 0 Å². The van der Waals surface area contributed by atoms with Crippen LogP contribution in [0.2, 0.25) is 0 Å². The Kier molecular flexibility index (Phi) is 13.6. The van der Waals surface area contributed by atoms with Gasteiger partial charge >= 0.3 is 0 Å². The summed E-state index contributed by atoms with van der Waals surface area (Å²) < 4.78 is 9.92. The van der Waals surface area contributed by atoms with E-state index in [-0.39, 0.29) is 10.8 Å². The second kappa shape index (κ2) is 20.8. The summed E-state index contributed by atoms with van der Waals surface area (Å²) in [5.41, 5.74) is 19.5. The number of hydrogen-bond donors (Lipinski definition) is 0. The van der Waals surface area contributed by atoms with Crippen LogP contribution in [0.15, 0.2) is 225 Å². The Morgan fingerprint density at radius 3 is 1.62 bits per heavy atom. The molecule has 0 saturated heterocycles. The molecule has 9 aromatic carbocycles. The minimum atomic E-state index is -0.416. The highest BCUT2D eigenvalue weighted by molar-refractivity contribution is 6.12. The number of para-hydroxylation sites is 3. The average molecular weight is 1060 g/mol. The number of ether oxygens (including phenoxy) is 1. The van der Waals surface area contributed by atoms with Crippen molar-refractivity contribution in [2.45, 2.75) is 104 Å². The highest BCUT2D eigenvalue weighted by Gasteiger charge is 2.33. The van der Waals surface area contributed by atoms with Crippen LogP contribution in [0.25, 0.3) is 49.9 Å². The minimum absolute atomic E-state index is 0.0706. The summed E-state index contributed by atoms with van der Waals surface area (Å²) in [6, 6.07) is 80.2. The van der Waals surface area contributed by atoms with Crippen molar-refractivity contribution in [3.63, 3.8) is 0 Å². The number of rotatable bonds is 13. The number of nitrogens with zero attached hydrogens (tertiary/aromatic N) is 4. The van der Waals surface area contributed by atoms with E-state index in [9.17, 15) is 0 Å². The molecule has 0 saturated carbocycles. The van der Waals surface area contributed by atoms with Gasteiger partial charge in [0.25, 0.3) is 0 Å². The molecule has 0 spiro atoms. The van der Waals surface area contributed by atoms with E-state index in [0.29, 0.717) is 18.5 Å². The molecule has 0 aliphatic carbocycles. The molecule has 2 aromatic heterocycles. The number of fused-ring (bicyclic) bond motifs is 4.